The molecule has 0 unspecified atom stereocenters. The maximum Gasteiger partial charge on any atom is 0.176 e. The normalized spacial score (nSPS) is 16.1. The van der Waals surface area contributed by atoms with E-state index in [1.54, 1.807) is 0 Å². The fourth-order valence-electron chi connectivity index (χ4n) is 2.31. The number of nitrogens with zero attached hydrogens (tertiary/aromatic N) is 2. The highest BCUT2D eigenvalue weighted by Crippen LogP contribution is 2.27. The van der Waals surface area contributed by atoms with Gasteiger partial charge < -0.3 is 9.80 Å². The van der Waals surface area contributed by atoms with Crippen LogP contribution in [0.5, 0.6) is 0 Å². The van der Waals surface area contributed by atoms with Gasteiger partial charge in [0.05, 0.1) is 0 Å². The van der Waals surface area contributed by atoms with Crippen LogP contribution in [0, 0.1) is 13.8 Å². The van der Waals surface area contributed by atoms with Gasteiger partial charge in [-0.1, -0.05) is 18.2 Å². The van der Waals surface area contributed by atoms with Gasteiger partial charge in [0, 0.05) is 25.3 Å². The predicted octanol–water partition coefficient (Wildman–Crippen LogP) is 2.73. The van der Waals surface area contributed by atoms with Crippen LogP contribution in [-0.2, 0) is 0 Å². The average molecular weight is 234 g/mol. The van der Waals surface area contributed by atoms with Crippen LogP contribution in [0.25, 0.3) is 0 Å². The Morgan fingerprint density at radius 1 is 1.19 bits per heavy atom. The molecule has 1 aliphatic rings. The lowest BCUT2D eigenvalue weighted by Gasteiger charge is -2.24. The first-order chi connectivity index (χ1) is 7.65. The smallest absolute Gasteiger partial charge is 0.176 e. The molecule has 1 saturated heterocycles. The zero-order chi connectivity index (χ0) is 11.7. The summed E-state index contributed by atoms with van der Waals surface area (Å²) in [4.78, 5) is 4.52. The van der Waals surface area contributed by atoms with E-state index in [1.807, 2.05) is 0 Å². The lowest BCUT2D eigenvalue weighted by molar-refractivity contribution is 0.496. The summed E-state index contributed by atoms with van der Waals surface area (Å²) in [6.07, 6.45) is 0. The molecule has 1 aromatic rings. The number of aryl methyl sites for hydroxylation is 2. The van der Waals surface area contributed by atoms with E-state index in [2.05, 4.69) is 48.8 Å². The largest absolute Gasteiger partial charge is 0.347 e. The molecule has 1 aliphatic heterocycles. The summed E-state index contributed by atoms with van der Waals surface area (Å²) in [7, 11) is 0. The zero-order valence-electron chi connectivity index (χ0n) is 10.2. The van der Waals surface area contributed by atoms with Gasteiger partial charge in [0.1, 0.15) is 0 Å². The van der Waals surface area contributed by atoms with Crippen molar-refractivity contribution in [3.63, 3.8) is 0 Å². The molecule has 3 heteroatoms. The molecule has 86 valence electrons. The van der Waals surface area contributed by atoms with Gasteiger partial charge in [0.25, 0.3) is 0 Å². The molecule has 2 nitrogen and oxygen atoms in total. The lowest BCUT2D eigenvalue weighted by atomic mass is 10.1. The van der Waals surface area contributed by atoms with E-state index in [-0.39, 0.29) is 0 Å². The Labute approximate surface area is 103 Å². The van der Waals surface area contributed by atoms with Gasteiger partial charge in [-0.15, -0.1) is 0 Å². The van der Waals surface area contributed by atoms with Crippen molar-refractivity contribution in [1.82, 2.24) is 4.90 Å². The first kappa shape index (κ1) is 11.4. The third kappa shape index (κ3) is 1.80. The SMILES string of the molecule is CCN1CCN(c2c(C)cccc2C)C1=S. The molecule has 0 amide bonds. The highest BCUT2D eigenvalue weighted by atomic mass is 32.1. The summed E-state index contributed by atoms with van der Waals surface area (Å²) in [5.41, 5.74) is 3.91. The fourth-order valence-corrected chi connectivity index (χ4v) is 2.72. The minimum atomic E-state index is 0.972. The molecule has 0 bridgehead atoms. The third-order valence-electron chi connectivity index (χ3n) is 3.19. The zero-order valence-corrected chi connectivity index (χ0v) is 11.0. The first-order valence-corrected chi connectivity index (χ1v) is 6.18. The molecule has 16 heavy (non-hydrogen) atoms. The second-order valence-corrected chi connectivity index (χ2v) is 4.62. The summed E-state index contributed by atoms with van der Waals surface area (Å²) < 4.78 is 0. The van der Waals surface area contributed by atoms with Gasteiger partial charge in [-0.2, -0.15) is 0 Å². The van der Waals surface area contributed by atoms with Crippen molar-refractivity contribution in [2.45, 2.75) is 20.8 Å². The van der Waals surface area contributed by atoms with Gasteiger partial charge in [-0.05, 0) is 44.1 Å². The molecule has 0 saturated carbocycles. The van der Waals surface area contributed by atoms with E-state index < -0.39 is 0 Å². The maximum atomic E-state index is 5.51. The molecule has 0 spiro atoms. The number of likely N-dealkylation sites (N-methyl/N-ethyl adjacent to an activating group) is 1. The molecular formula is C13H18N2S. The number of hydrogen-bond donors (Lipinski definition) is 0. The molecule has 0 aromatic heterocycles. The van der Waals surface area contributed by atoms with Crippen LogP contribution < -0.4 is 4.90 Å². The van der Waals surface area contributed by atoms with E-state index >= 15 is 0 Å². The quantitative estimate of drug-likeness (QED) is 0.727. The number of rotatable bonds is 2. The number of thiocarbonyl (C=S) groups is 1. The van der Waals surface area contributed by atoms with Crippen LogP contribution in [0.2, 0.25) is 0 Å². The summed E-state index contributed by atoms with van der Waals surface area (Å²) in [5, 5.41) is 0.972. The number of hydrogen-bond acceptors (Lipinski definition) is 1. The molecule has 1 fully saturated rings. The Balaban J connectivity index is 2.36. The monoisotopic (exact) mass is 234 g/mol. The van der Waals surface area contributed by atoms with Gasteiger partial charge >= 0.3 is 0 Å². The number of anilines is 1. The molecule has 1 heterocycles. The van der Waals surface area contributed by atoms with E-state index in [0.717, 1.165) is 24.7 Å². The Hall–Kier alpha value is -1.09. The molecular weight excluding hydrogens is 216 g/mol. The molecule has 0 aliphatic carbocycles. The second-order valence-electron chi connectivity index (χ2n) is 4.25. The summed E-state index contributed by atoms with van der Waals surface area (Å²) in [6, 6.07) is 6.41. The third-order valence-corrected chi connectivity index (χ3v) is 3.66. The van der Waals surface area contributed by atoms with Gasteiger partial charge in [-0.25, -0.2) is 0 Å². The van der Waals surface area contributed by atoms with Crippen LogP contribution in [0.4, 0.5) is 5.69 Å². The molecule has 2 rings (SSSR count). The summed E-state index contributed by atoms with van der Waals surface area (Å²) >= 11 is 5.51. The topological polar surface area (TPSA) is 6.48 Å². The van der Waals surface area contributed by atoms with E-state index in [0.29, 0.717) is 0 Å². The molecule has 0 atom stereocenters. The fraction of sp³-hybridized carbons (Fsp3) is 0.462. The van der Waals surface area contributed by atoms with Crippen LogP contribution in [0.1, 0.15) is 18.1 Å². The molecule has 1 aromatic carbocycles. The highest BCUT2D eigenvalue weighted by molar-refractivity contribution is 7.80. The Morgan fingerprint density at radius 3 is 2.31 bits per heavy atom. The van der Waals surface area contributed by atoms with Crippen LogP contribution >= 0.6 is 12.2 Å². The van der Waals surface area contributed by atoms with Crippen molar-refractivity contribution in [3.8, 4) is 0 Å². The number of benzene rings is 1. The minimum absolute atomic E-state index is 0.972. The lowest BCUT2D eigenvalue weighted by Crippen LogP contribution is -2.32. The highest BCUT2D eigenvalue weighted by Gasteiger charge is 2.26. The van der Waals surface area contributed by atoms with Gasteiger partial charge in [0.2, 0.25) is 0 Å². The second kappa shape index (κ2) is 4.42. The van der Waals surface area contributed by atoms with Crippen molar-refractivity contribution in [3.05, 3.63) is 29.3 Å². The maximum absolute atomic E-state index is 5.51. The van der Waals surface area contributed by atoms with Crippen LogP contribution in [-0.4, -0.2) is 29.6 Å². The molecule has 0 radical (unpaired) electrons. The average Bonchev–Trinajstić information content (AvgIpc) is 2.60. The van der Waals surface area contributed by atoms with E-state index in [1.165, 1.54) is 16.8 Å². The Kier molecular flexibility index (Phi) is 3.15. The van der Waals surface area contributed by atoms with Crippen molar-refractivity contribution in [2.75, 3.05) is 24.5 Å². The minimum Gasteiger partial charge on any atom is -0.347 e. The predicted molar refractivity (Wildman–Crippen MR) is 73.1 cm³/mol. The van der Waals surface area contributed by atoms with Gasteiger partial charge in [0.15, 0.2) is 5.11 Å². The standard InChI is InChI=1S/C13H18N2S/c1-4-14-8-9-15(13(14)16)12-10(2)6-5-7-11(12)3/h5-7H,4,8-9H2,1-3H3. The number of para-hydroxylation sites is 1. The summed E-state index contributed by atoms with van der Waals surface area (Å²) in [5.74, 6) is 0. The van der Waals surface area contributed by atoms with Crippen molar-refractivity contribution >= 4 is 23.0 Å². The summed E-state index contributed by atoms with van der Waals surface area (Å²) in [6.45, 7) is 9.52. The van der Waals surface area contributed by atoms with E-state index in [9.17, 15) is 0 Å². The molecule has 0 N–H and O–H groups in total. The van der Waals surface area contributed by atoms with Crippen LogP contribution in [0.15, 0.2) is 18.2 Å². The van der Waals surface area contributed by atoms with E-state index in [4.69, 9.17) is 12.2 Å². The van der Waals surface area contributed by atoms with Crippen molar-refractivity contribution in [2.24, 2.45) is 0 Å². The van der Waals surface area contributed by atoms with Crippen molar-refractivity contribution in [1.29, 1.82) is 0 Å². The van der Waals surface area contributed by atoms with Crippen molar-refractivity contribution < 1.29 is 0 Å². The Morgan fingerprint density at radius 2 is 1.81 bits per heavy atom. The first-order valence-electron chi connectivity index (χ1n) is 5.77. The van der Waals surface area contributed by atoms with Gasteiger partial charge in [-0.3, -0.25) is 0 Å². The van der Waals surface area contributed by atoms with Crippen LogP contribution in [0.3, 0.4) is 0 Å². The Bertz CT molecular complexity index is 394.